The first-order valence-electron chi connectivity index (χ1n) is 13.6. The zero-order valence-corrected chi connectivity index (χ0v) is 28.4. The van der Waals surface area contributed by atoms with E-state index in [-0.39, 0.29) is 72.8 Å². The molecule has 0 spiro atoms. The zero-order valence-electron chi connectivity index (χ0n) is 21.2. The number of rotatable bonds is 1. The molecule has 0 aromatic heterocycles. The third-order valence-electron chi connectivity index (χ3n) is 9.94. The van der Waals surface area contributed by atoms with Gasteiger partial charge in [-0.1, -0.05) is 23.4 Å². The average molecular weight is 697 g/mol. The van der Waals surface area contributed by atoms with Crippen molar-refractivity contribution in [1.29, 1.82) is 0 Å². The Balaban J connectivity index is 0.000000159. The van der Waals surface area contributed by atoms with Gasteiger partial charge in [-0.05, 0) is 118 Å². The molecule has 36 heavy (non-hydrogen) atoms. The monoisotopic (exact) mass is 696 g/mol. The van der Waals surface area contributed by atoms with E-state index in [0.717, 1.165) is 35.5 Å². The van der Waals surface area contributed by atoms with Gasteiger partial charge in [-0.15, -0.1) is 0 Å². The van der Waals surface area contributed by atoms with E-state index in [1.54, 1.807) is 24.8 Å². The first-order chi connectivity index (χ1) is 16.1. The van der Waals surface area contributed by atoms with Crippen LogP contribution in [0.25, 0.3) is 0 Å². The van der Waals surface area contributed by atoms with Crippen molar-refractivity contribution in [3.63, 3.8) is 0 Å². The van der Waals surface area contributed by atoms with Gasteiger partial charge in [0, 0.05) is 69.7 Å². The molecule has 0 unspecified atom stereocenters. The van der Waals surface area contributed by atoms with Gasteiger partial charge in [0.1, 0.15) is 0 Å². The fourth-order valence-electron chi connectivity index (χ4n) is 9.55. The van der Waals surface area contributed by atoms with Crippen LogP contribution in [-0.4, -0.2) is 4.32 Å². The second-order valence-corrected chi connectivity index (χ2v) is 14.3. The number of alkyl halides is 1. The minimum Gasteiger partial charge on any atom is -0.184 e. The van der Waals surface area contributed by atoms with Crippen molar-refractivity contribution in [2.75, 3.05) is 0 Å². The second kappa shape index (κ2) is 13.7. The normalized spacial score (nSPS) is 39.7. The summed E-state index contributed by atoms with van der Waals surface area (Å²) in [5.41, 5.74) is 2.19. The molecular formula is C33H43BrY2-2. The molecule has 8 saturated carbocycles. The number of hydrogen-bond acceptors (Lipinski definition) is 0. The minimum absolute atomic E-state index is 0. The topological polar surface area (TPSA) is 0 Å². The molecule has 2 aromatic rings. The smallest absolute Gasteiger partial charge is 0.0266 e. The van der Waals surface area contributed by atoms with Crippen LogP contribution in [0.3, 0.4) is 0 Å². The van der Waals surface area contributed by atoms with Gasteiger partial charge in [0.2, 0.25) is 0 Å². The summed E-state index contributed by atoms with van der Waals surface area (Å²) in [7, 11) is 0. The second-order valence-electron chi connectivity index (χ2n) is 12.6. The van der Waals surface area contributed by atoms with Crippen LogP contribution >= 0.6 is 15.9 Å². The van der Waals surface area contributed by atoms with E-state index in [9.17, 15) is 0 Å². The van der Waals surface area contributed by atoms with E-state index in [4.69, 9.17) is 0 Å². The summed E-state index contributed by atoms with van der Waals surface area (Å²) >= 11 is 3.96. The molecule has 3 heteroatoms. The van der Waals surface area contributed by atoms with Gasteiger partial charge in [0.15, 0.2) is 0 Å². The Hall–Kier alpha value is 1.13. The minimum atomic E-state index is 0. The maximum Gasteiger partial charge on any atom is 0.0266 e. The molecule has 0 amide bonds. The van der Waals surface area contributed by atoms with Crippen LogP contribution in [0.5, 0.6) is 0 Å². The van der Waals surface area contributed by atoms with E-state index in [1.807, 2.05) is 30.3 Å². The number of halogens is 1. The largest absolute Gasteiger partial charge is 0.184 e. The van der Waals surface area contributed by atoms with Crippen molar-refractivity contribution in [2.24, 2.45) is 35.5 Å². The van der Waals surface area contributed by atoms with Gasteiger partial charge < -0.3 is 0 Å². The molecule has 8 fully saturated rings. The standard InChI is InChI=1S/C16H19.C10H15Br.C6H5.CH4.2Y/c1-2-4-15(5-3-1)16-9-12-6-13(10-16)8-14(7-12)11-16;11-10-4-7-1-8(5-10)3-9(2-7)6-10;1-2-4-6-5-3-1;;;/h2-5,12-14H,6-11H2;7-9H,1-6H2;1-5H;1H4;;/q-1;;-1;;;. The van der Waals surface area contributed by atoms with Crippen molar-refractivity contribution in [1.82, 2.24) is 0 Å². The Morgan fingerprint density at radius 3 is 1.22 bits per heavy atom. The molecular weight excluding hydrogens is 654 g/mol. The summed E-state index contributed by atoms with van der Waals surface area (Å²) < 4.78 is 0.613. The van der Waals surface area contributed by atoms with E-state index >= 15 is 0 Å². The molecule has 8 aliphatic rings. The van der Waals surface area contributed by atoms with Crippen molar-refractivity contribution < 1.29 is 65.4 Å². The summed E-state index contributed by atoms with van der Waals surface area (Å²) in [6.45, 7) is 0. The summed E-state index contributed by atoms with van der Waals surface area (Å²) in [5.74, 6) is 6.45. The van der Waals surface area contributed by atoms with Crippen molar-refractivity contribution in [3.8, 4) is 0 Å². The summed E-state index contributed by atoms with van der Waals surface area (Å²) in [6, 6.07) is 24.5. The summed E-state index contributed by atoms with van der Waals surface area (Å²) in [6.07, 6.45) is 18.2. The van der Waals surface area contributed by atoms with Crippen LogP contribution in [0.15, 0.2) is 54.6 Å². The molecule has 10 rings (SSSR count). The number of hydrogen-bond donors (Lipinski definition) is 0. The van der Waals surface area contributed by atoms with Crippen molar-refractivity contribution >= 4 is 15.9 Å². The van der Waals surface area contributed by atoms with Gasteiger partial charge in [0.05, 0.1) is 0 Å². The Morgan fingerprint density at radius 2 is 0.917 bits per heavy atom. The maximum atomic E-state index is 3.96. The third kappa shape index (κ3) is 7.25. The Kier molecular flexibility index (Phi) is 12.0. The predicted molar refractivity (Wildman–Crippen MR) is 147 cm³/mol. The molecule has 0 aliphatic heterocycles. The van der Waals surface area contributed by atoms with Crippen LogP contribution in [-0.2, 0) is 70.8 Å². The first-order valence-corrected chi connectivity index (χ1v) is 14.4. The van der Waals surface area contributed by atoms with Gasteiger partial charge in [0.25, 0.3) is 0 Å². The number of benzene rings is 2. The molecule has 0 heterocycles. The van der Waals surface area contributed by atoms with Crippen molar-refractivity contribution in [3.05, 3.63) is 72.3 Å². The Morgan fingerprint density at radius 1 is 0.556 bits per heavy atom. The quantitative estimate of drug-likeness (QED) is 0.206. The molecule has 2 radical (unpaired) electrons. The van der Waals surface area contributed by atoms with E-state index in [1.165, 1.54) is 57.8 Å². The fourth-order valence-corrected chi connectivity index (χ4v) is 10.9. The Bertz CT molecular complexity index is 815. The zero-order chi connectivity index (χ0) is 22.3. The maximum absolute atomic E-state index is 3.96. The molecule has 2 aromatic carbocycles. The van der Waals surface area contributed by atoms with Crippen LogP contribution in [0.4, 0.5) is 0 Å². The van der Waals surface area contributed by atoms with E-state index in [2.05, 4.69) is 52.3 Å². The molecule has 190 valence electrons. The van der Waals surface area contributed by atoms with E-state index < -0.39 is 0 Å². The molecule has 0 atom stereocenters. The average Bonchev–Trinajstić information content (AvgIpc) is 2.79. The third-order valence-corrected chi connectivity index (χ3v) is 10.9. The molecule has 0 N–H and O–H groups in total. The predicted octanol–water partition coefficient (Wildman–Crippen LogP) is 9.42. The Labute approximate surface area is 280 Å². The van der Waals surface area contributed by atoms with Crippen molar-refractivity contribution in [2.45, 2.75) is 94.2 Å². The SMILES string of the molecule is BrC12CC3CC(CC(C3)C1)C2.C.[Y].[Y].[c-]1ccc(C23CC4CC(CC(C4)C2)C3)cc1.[c-]1ccccc1. The molecule has 8 bridgehead atoms. The van der Waals surface area contributed by atoms with Gasteiger partial charge in [-0.2, -0.15) is 72.3 Å². The van der Waals surface area contributed by atoms with Crippen LogP contribution in [0, 0.1) is 47.6 Å². The van der Waals surface area contributed by atoms with Crippen LogP contribution in [0.1, 0.15) is 90.0 Å². The molecule has 0 saturated heterocycles. The summed E-state index contributed by atoms with van der Waals surface area (Å²) in [4.78, 5) is 0. The van der Waals surface area contributed by atoms with Crippen LogP contribution in [0.2, 0.25) is 0 Å². The van der Waals surface area contributed by atoms with Crippen LogP contribution < -0.4 is 0 Å². The molecule has 8 aliphatic carbocycles. The summed E-state index contributed by atoms with van der Waals surface area (Å²) in [5, 5.41) is 0. The van der Waals surface area contributed by atoms with Gasteiger partial charge in [-0.3, -0.25) is 0 Å². The first kappa shape index (κ1) is 31.7. The fraction of sp³-hybridized carbons (Fsp3) is 0.636. The molecule has 0 nitrogen and oxygen atoms in total. The van der Waals surface area contributed by atoms with Gasteiger partial charge >= 0.3 is 0 Å². The van der Waals surface area contributed by atoms with E-state index in [0.29, 0.717) is 9.74 Å². The van der Waals surface area contributed by atoms with Gasteiger partial charge in [-0.25, -0.2) is 0 Å².